The Morgan fingerprint density at radius 1 is 0.867 bits per heavy atom. The van der Waals surface area contributed by atoms with E-state index in [1.807, 2.05) is 0 Å². The van der Waals surface area contributed by atoms with Crippen molar-refractivity contribution in [3.63, 3.8) is 0 Å². The molecular weight excluding hydrogens is 316 g/mol. The first-order chi connectivity index (χ1) is 7.27. The summed E-state index contributed by atoms with van der Waals surface area (Å²) in [5, 5.41) is 0. The third-order valence-corrected chi connectivity index (χ3v) is 6.32. The van der Waals surface area contributed by atoms with Crippen LogP contribution in [0.15, 0.2) is 39.3 Å². The minimum Gasteiger partial charge on any atom is -0.0622 e. The average Bonchev–Trinajstić information content (AvgIpc) is 2.82. The summed E-state index contributed by atoms with van der Waals surface area (Å²) in [7, 11) is 0. The van der Waals surface area contributed by atoms with E-state index < -0.39 is 0 Å². The number of benzene rings is 1. The zero-order chi connectivity index (χ0) is 10.4. The number of hydrogen-bond acceptors (Lipinski definition) is 0. The standard InChI is InChI=1S/C13H12Br2/c14-12-9-6-10(11(7-9)13(12)15)8-4-2-1-3-5-8/h1-5,9-11H,6-7H2/t9-,10+,11-/m1/s1. The molecule has 2 bridgehead atoms. The highest BCUT2D eigenvalue weighted by atomic mass is 79.9. The van der Waals surface area contributed by atoms with Gasteiger partial charge in [0, 0.05) is 8.96 Å². The molecule has 2 heteroatoms. The molecule has 0 heterocycles. The van der Waals surface area contributed by atoms with E-state index in [1.165, 1.54) is 27.4 Å². The van der Waals surface area contributed by atoms with E-state index in [4.69, 9.17) is 0 Å². The second-order valence-corrected chi connectivity index (χ2v) is 6.20. The smallest absolute Gasteiger partial charge is 0.00919 e. The minimum atomic E-state index is 0.715. The molecule has 0 amide bonds. The van der Waals surface area contributed by atoms with E-state index in [0.717, 1.165) is 11.8 Å². The molecule has 0 radical (unpaired) electrons. The van der Waals surface area contributed by atoms with Gasteiger partial charge in [0.15, 0.2) is 0 Å². The summed E-state index contributed by atoms with van der Waals surface area (Å²) in [6, 6.07) is 10.9. The Kier molecular flexibility index (Phi) is 2.52. The van der Waals surface area contributed by atoms with Crippen LogP contribution in [-0.4, -0.2) is 0 Å². The minimum absolute atomic E-state index is 0.715. The maximum absolute atomic E-state index is 3.73. The molecule has 0 aromatic heterocycles. The fourth-order valence-corrected chi connectivity index (χ4v) is 4.46. The number of allylic oxidation sites excluding steroid dienone is 2. The van der Waals surface area contributed by atoms with E-state index in [2.05, 4.69) is 62.2 Å². The van der Waals surface area contributed by atoms with Crippen LogP contribution in [0.2, 0.25) is 0 Å². The molecule has 2 aliphatic carbocycles. The Morgan fingerprint density at radius 3 is 2.13 bits per heavy atom. The van der Waals surface area contributed by atoms with Gasteiger partial charge in [-0.25, -0.2) is 0 Å². The Labute approximate surface area is 107 Å². The highest BCUT2D eigenvalue weighted by Gasteiger charge is 2.44. The summed E-state index contributed by atoms with van der Waals surface area (Å²) in [5.74, 6) is 2.20. The van der Waals surface area contributed by atoms with Crippen LogP contribution in [0.25, 0.3) is 0 Å². The molecule has 1 saturated carbocycles. The third kappa shape index (κ3) is 1.53. The predicted molar refractivity (Wildman–Crippen MR) is 70.3 cm³/mol. The number of hydrogen-bond donors (Lipinski definition) is 0. The van der Waals surface area contributed by atoms with Crippen molar-refractivity contribution in [2.24, 2.45) is 11.8 Å². The molecule has 0 saturated heterocycles. The maximum Gasteiger partial charge on any atom is 0.00919 e. The van der Waals surface area contributed by atoms with Gasteiger partial charge in [-0.1, -0.05) is 62.2 Å². The van der Waals surface area contributed by atoms with Gasteiger partial charge in [-0.3, -0.25) is 0 Å². The summed E-state index contributed by atoms with van der Waals surface area (Å²) in [5.41, 5.74) is 1.50. The zero-order valence-corrected chi connectivity index (χ0v) is 11.5. The number of halogens is 2. The van der Waals surface area contributed by atoms with Crippen LogP contribution in [0.1, 0.15) is 24.3 Å². The molecule has 2 aliphatic rings. The zero-order valence-electron chi connectivity index (χ0n) is 8.29. The molecule has 1 fully saturated rings. The van der Waals surface area contributed by atoms with Gasteiger partial charge in [-0.15, -0.1) is 0 Å². The monoisotopic (exact) mass is 326 g/mol. The van der Waals surface area contributed by atoms with Crippen molar-refractivity contribution in [1.29, 1.82) is 0 Å². The maximum atomic E-state index is 3.73. The first kappa shape index (κ1) is 10.1. The van der Waals surface area contributed by atoms with Crippen molar-refractivity contribution in [1.82, 2.24) is 0 Å². The third-order valence-electron chi connectivity index (χ3n) is 3.70. The molecular formula is C13H12Br2. The van der Waals surface area contributed by atoms with E-state index >= 15 is 0 Å². The van der Waals surface area contributed by atoms with Gasteiger partial charge >= 0.3 is 0 Å². The fraction of sp³-hybridized carbons (Fsp3) is 0.385. The van der Waals surface area contributed by atoms with E-state index in [0.29, 0.717) is 5.92 Å². The molecule has 3 atom stereocenters. The van der Waals surface area contributed by atoms with Crippen LogP contribution in [-0.2, 0) is 0 Å². The molecule has 0 spiro atoms. The van der Waals surface area contributed by atoms with Crippen LogP contribution in [0.4, 0.5) is 0 Å². The normalized spacial score (nSPS) is 33.9. The van der Waals surface area contributed by atoms with Gasteiger partial charge < -0.3 is 0 Å². The highest BCUT2D eigenvalue weighted by Crippen LogP contribution is 2.58. The van der Waals surface area contributed by atoms with Gasteiger partial charge in [-0.05, 0) is 36.2 Å². The van der Waals surface area contributed by atoms with Gasteiger partial charge in [-0.2, -0.15) is 0 Å². The molecule has 1 aromatic rings. The summed E-state index contributed by atoms with van der Waals surface area (Å²) in [4.78, 5) is 0. The highest BCUT2D eigenvalue weighted by molar-refractivity contribution is 9.14. The lowest BCUT2D eigenvalue weighted by molar-refractivity contribution is 0.578. The van der Waals surface area contributed by atoms with E-state index in [9.17, 15) is 0 Å². The van der Waals surface area contributed by atoms with Crippen molar-refractivity contribution >= 4 is 31.9 Å². The van der Waals surface area contributed by atoms with Crippen LogP contribution in [0.5, 0.6) is 0 Å². The second-order valence-electron chi connectivity index (χ2n) is 4.49. The molecule has 0 aliphatic heterocycles. The Balaban J connectivity index is 1.94. The lowest BCUT2D eigenvalue weighted by Gasteiger charge is -2.22. The van der Waals surface area contributed by atoms with Gasteiger partial charge in [0.25, 0.3) is 0 Å². The summed E-state index contributed by atoms with van der Waals surface area (Å²) >= 11 is 7.42. The van der Waals surface area contributed by atoms with Gasteiger partial charge in [0.2, 0.25) is 0 Å². The van der Waals surface area contributed by atoms with E-state index in [-0.39, 0.29) is 0 Å². The first-order valence-electron chi connectivity index (χ1n) is 5.37. The lowest BCUT2D eigenvalue weighted by Crippen LogP contribution is -2.08. The predicted octanol–water partition coefficient (Wildman–Crippen LogP) is 4.81. The van der Waals surface area contributed by atoms with Crippen molar-refractivity contribution in [3.8, 4) is 0 Å². The molecule has 1 aromatic carbocycles. The largest absolute Gasteiger partial charge is 0.0622 e. The van der Waals surface area contributed by atoms with Crippen molar-refractivity contribution in [2.45, 2.75) is 18.8 Å². The fourth-order valence-electron chi connectivity index (χ4n) is 2.97. The SMILES string of the molecule is BrC1=C(Br)[C@@H]2C[C@H]1C[C@H]2c1ccccc1. The van der Waals surface area contributed by atoms with Gasteiger partial charge in [0.05, 0.1) is 0 Å². The van der Waals surface area contributed by atoms with Crippen LogP contribution in [0, 0.1) is 11.8 Å². The molecule has 0 N–H and O–H groups in total. The van der Waals surface area contributed by atoms with Crippen LogP contribution in [0.3, 0.4) is 0 Å². The number of fused-ring (bicyclic) bond motifs is 2. The van der Waals surface area contributed by atoms with Crippen molar-refractivity contribution in [3.05, 3.63) is 44.9 Å². The summed E-state index contributed by atoms with van der Waals surface area (Å²) in [6.07, 6.45) is 2.63. The lowest BCUT2D eigenvalue weighted by atomic mass is 9.87. The molecule has 3 rings (SSSR count). The summed E-state index contributed by atoms with van der Waals surface area (Å²) < 4.78 is 2.83. The molecule has 0 unspecified atom stereocenters. The van der Waals surface area contributed by atoms with Gasteiger partial charge in [0.1, 0.15) is 0 Å². The molecule has 15 heavy (non-hydrogen) atoms. The second kappa shape index (κ2) is 3.74. The van der Waals surface area contributed by atoms with E-state index in [1.54, 1.807) is 0 Å². The Bertz CT molecular complexity index is 408. The Morgan fingerprint density at radius 2 is 1.53 bits per heavy atom. The molecule has 78 valence electrons. The van der Waals surface area contributed by atoms with Crippen LogP contribution < -0.4 is 0 Å². The Hall–Kier alpha value is -0.0800. The van der Waals surface area contributed by atoms with Crippen molar-refractivity contribution in [2.75, 3.05) is 0 Å². The summed E-state index contributed by atoms with van der Waals surface area (Å²) in [6.45, 7) is 0. The first-order valence-corrected chi connectivity index (χ1v) is 6.96. The topological polar surface area (TPSA) is 0 Å². The number of rotatable bonds is 1. The average molecular weight is 328 g/mol. The van der Waals surface area contributed by atoms with Crippen molar-refractivity contribution < 1.29 is 0 Å². The quantitative estimate of drug-likeness (QED) is 0.694. The molecule has 0 nitrogen and oxygen atoms in total. The van der Waals surface area contributed by atoms with Crippen LogP contribution >= 0.6 is 31.9 Å².